The van der Waals surface area contributed by atoms with E-state index in [0.717, 1.165) is 5.56 Å². The van der Waals surface area contributed by atoms with Gasteiger partial charge in [0.15, 0.2) is 15.8 Å². The van der Waals surface area contributed by atoms with Crippen molar-refractivity contribution in [2.24, 2.45) is 10.9 Å². The highest BCUT2D eigenvalue weighted by atomic mass is 127. The Hall–Kier alpha value is -1.10. The van der Waals surface area contributed by atoms with E-state index in [2.05, 4.69) is 15.6 Å². The largest absolute Gasteiger partial charge is 0.487 e. The first-order valence-corrected chi connectivity index (χ1v) is 10.7. The third kappa shape index (κ3) is 5.69. The standard InChI is InChI=1S/C18H26FN3O3S.HI/c1-18(2)9-15(14-5-4-13(19)8-16(14)25-18)22-17(20-3)21-10-12-6-7-26(23,24)11-12;/h4-5,8,12,15H,6-7,9-11H2,1-3H3,(H2,20,21,22);1H. The molecule has 2 aliphatic rings. The Bertz CT molecular complexity index is 814. The van der Waals surface area contributed by atoms with Crippen LogP contribution in [0.2, 0.25) is 0 Å². The van der Waals surface area contributed by atoms with Gasteiger partial charge in [0.2, 0.25) is 0 Å². The van der Waals surface area contributed by atoms with E-state index in [1.807, 2.05) is 13.8 Å². The minimum atomic E-state index is -2.89. The second-order valence-electron chi connectivity index (χ2n) is 7.67. The lowest BCUT2D eigenvalue weighted by Crippen LogP contribution is -2.46. The van der Waals surface area contributed by atoms with Crippen LogP contribution >= 0.6 is 24.0 Å². The second-order valence-corrected chi connectivity index (χ2v) is 9.90. The number of hydrogen-bond donors (Lipinski definition) is 2. The first kappa shape index (κ1) is 22.2. The molecule has 1 aromatic rings. The van der Waals surface area contributed by atoms with Crippen molar-refractivity contribution in [3.05, 3.63) is 29.6 Å². The van der Waals surface area contributed by atoms with Crippen LogP contribution in [-0.2, 0) is 9.84 Å². The summed E-state index contributed by atoms with van der Waals surface area (Å²) in [4.78, 5) is 4.25. The number of nitrogens with zero attached hydrogens (tertiary/aromatic N) is 1. The molecule has 27 heavy (non-hydrogen) atoms. The molecule has 2 heterocycles. The van der Waals surface area contributed by atoms with Gasteiger partial charge in [0.25, 0.3) is 0 Å². The smallest absolute Gasteiger partial charge is 0.191 e. The summed E-state index contributed by atoms with van der Waals surface area (Å²) in [6, 6.07) is 4.49. The number of ether oxygens (including phenoxy) is 1. The molecule has 2 unspecified atom stereocenters. The molecule has 9 heteroatoms. The number of aliphatic imine (C=N–C) groups is 1. The van der Waals surface area contributed by atoms with Crippen LogP contribution in [0.3, 0.4) is 0 Å². The van der Waals surface area contributed by atoms with Crippen molar-refractivity contribution in [1.82, 2.24) is 10.6 Å². The van der Waals surface area contributed by atoms with Crippen LogP contribution in [0.25, 0.3) is 0 Å². The first-order chi connectivity index (χ1) is 12.2. The average Bonchev–Trinajstić information content (AvgIpc) is 2.88. The minimum Gasteiger partial charge on any atom is -0.487 e. The van der Waals surface area contributed by atoms with Gasteiger partial charge < -0.3 is 15.4 Å². The molecular formula is C18H27FIN3O3S. The molecule has 0 aliphatic carbocycles. The highest BCUT2D eigenvalue weighted by Gasteiger charge is 2.34. The van der Waals surface area contributed by atoms with Gasteiger partial charge in [-0.2, -0.15) is 0 Å². The van der Waals surface area contributed by atoms with E-state index in [-0.39, 0.29) is 53.3 Å². The minimum absolute atomic E-state index is 0. The van der Waals surface area contributed by atoms with Gasteiger partial charge in [0.05, 0.1) is 17.5 Å². The Morgan fingerprint density at radius 3 is 2.78 bits per heavy atom. The first-order valence-electron chi connectivity index (χ1n) is 8.83. The number of benzene rings is 1. The fraction of sp³-hybridized carbons (Fsp3) is 0.611. The van der Waals surface area contributed by atoms with Crippen LogP contribution in [-0.4, -0.2) is 45.1 Å². The summed E-state index contributed by atoms with van der Waals surface area (Å²) in [7, 11) is -1.21. The summed E-state index contributed by atoms with van der Waals surface area (Å²) in [5, 5.41) is 6.59. The SMILES string of the molecule is CN=C(NCC1CCS(=O)(=O)C1)NC1CC(C)(C)Oc2cc(F)ccc21.I. The zero-order valence-electron chi connectivity index (χ0n) is 15.8. The molecule has 0 amide bonds. The van der Waals surface area contributed by atoms with Gasteiger partial charge in [-0.25, -0.2) is 12.8 Å². The molecule has 1 saturated heterocycles. The van der Waals surface area contributed by atoms with Gasteiger partial charge in [-0.3, -0.25) is 4.99 Å². The van der Waals surface area contributed by atoms with Crippen LogP contribution in [0, 0.1) is 11.7 Å². The van der Waals surface area contributed by atoms with Crippen molar-refractivity contribution in [3.63, 3.8) is 0 Å². The van der Waals surface area contributed by atoms with E-state index in [0.29, 0.717) is 31.1 Å². The summed E-state index contributed by atoms with van der Waals surface area (Å²) < 4.78 is 42.7. The third-order valence-corrected chi connectivity index (χ3v) is 6.69. The molecule has 1 aromatic carbocycles. The zero-order valence-corrected chi connectivity index (χ0v) is 18.9. The molecule has 1 fully saturated rings. The lowest BCUT2D eigenvalue weighted by molar-refractivity contribution is 0.0689. The summed E-state index contributed by atoms with van der Waals surface area (Å²) in [5.74, 6) is 1.40. The van der Waals surface area contributed by atoms with Crippen molar-refractivity contribution in [1.29, 1.82) is 0 Å². The van der Waals surface area contributed by atoms with Gasteiger partial charge in [0, 0.05) is 31.6 Å². The van der Waals surface area contributed by atoms with Crippen molar-refractivity contribution in [2.45, 2.75) is 38.3 Å². The van der Waals surface area contributed by atoms with E-state index in [4.69, 9.17) is 4.74 Å². The molecule has 0 bridgehead atoms. The van der Waals surface area contributed by atoms with Gasteiger partial charge in [0.1, 0.15) is 17.2 Å². The second kappa shape index (κ2) is 8.50. The molecule has 152 valence electrons. The van der Waals surface area contributed by atoms with Gasteiger partial charge >= 0.3 is 0 Å². The summed E-state index contributed by atoms with van der Waals surface area (Å²) in [6.45, 7) is 4.49. The Balaban J connectivity index is 0.00000261. The maximum Gasteiger partial charge on any atom is 0.191 e. The third-order valence-electron chi connectivity index (χ3n) is 4.85. The molecule has 0 radical (unpaired) electrons. The molecule has 0 spiro atoms. The van der Waals surface area contributed by atoms with Crippen molar-refractivity contribution in [2.75, 3.05) is 25.1 Å². The Morgan fingerprint density at radius 2 is 2.15 bits per heavy atom. The van der Waals surface area contributed by atoms with Crippen molar-refractivity contribution >= 4 is 39.8 Å². The molecule has 0 aromatic heterocycles. The fourth-order valence-electron chi connectivity index (χ4n) is 3.59. The summed E-state index contributed by atoms with van der Waals surface area (Å²) in [6.07, 6.45) is 1.38. The highest BCUT2D eigenvalue weighted by molar-refractivity contribution is 14.0. The number of rotatable bonds is 3. The normalized spacial score (nSPS) is 25.7. The Morgan fingerprint density at radius 1 is 1.41 bits per heavy atom. The molecule has 2 atom stereocenters. The monoisotopic (exact) mass is 511 g/mol. The number of halogens is 2. The maximum absolute atomic E-state index is 13.6. The van der Waals surface area contributed by atoms with Crippen LogP contribution in [0.15, 0.2) is 23.2 Å². The number of fused-ring (bicyclic) bond motifs is 1. The van der Waals surface area contributed by atoms with Crippen molar-refractivity contribution in [3.8, 4) is 5.75 Å². The number of hydrogen-bond acceptors (Lipinski definition) is 4. The lowest BCUT2D eigenvalue weighted by Gasteiger charge is -2.38. The van der Waals surface area contributed by atoms with Crippen LogP contribution in [0.5, 0.6) is 5.75 Å². The zero-order chi connectivity index (χ0) is 18.9. The molecule has 6 nitrogen and oxygen atoms in total. The van der Waals surface area contributed by atoms with Gasteiger partial charge in [-0.1, -0.05) is 6.07 Å². The van der Waals surface area contributed by atoms with E-state index in [1.165, 1.54) is 12.1 Å². The molecule has 3 rings (SSSR count). The maximum atomic E-state index is 13.6. The number of guanidine groups is 1. The Labute approximate surface area is 177 Å². The lowest BCUT2D eigenvalue weighted by atomic mass is 9.89. The van der Waals surface area contributed by atoms with Crippen LogP contribution < -0.4 is 15.4 Å². The fourth-order valence-corrected chi connectivity index (χ4v) is 5.45. The quantitative estimate of drug-likeness (QED) is 0.371. The molecular weight excluding hydrogens is 484 g/mol. The highest BCUT2D eigenvalue weighted by Crippen LogP contribution is 2.39. The van der Waals surface area contributed by atoms with Crippen LogP contribution in [0.4, 0.5) is 4.39 Å². The van der Waals surface area contributed by atoms with Crippen LogP contribution in [0.1, 0.15) is 38.3 Å². The van der Waals surface area contributed by atoms with E-state index in [1.54, 1.807) is 13.1 Å². The molecule has 2 aliphatic heterocycles. The average molecular weight is 511 g/mol. The van der Waals surface area contributed by atoms with E-state index in [9.17, 15) is 12.8 Å². The topological polar surface area (TPSA) is 79.8 Å². The van der Waals surface area contributed by atoms with Gasteiger partial charge in [-0.15, -0.1) is 24.0 Å². The van der Waals surface area contributed by atoms with E-state index < -0.39 is 15.4 Å². The predicted octanol–water partition coefficient (Wildman–Crippen LogP) is 2.65. The Kier molecular flexibility index (Phi) is 6.99. The molecule has 2 N–H and O–H groups in total. The van der Waals surface area contributed by atoms with E-state index >= 15 is 0 Å². The number of sulfone groups is 1. The van der Waals surface area contributed by atoms with Crippen molar-refractivity contribution < 1.29 is 17.5 Å². The summed E-state index contributed by atoms with van der Waals surface area (Å²) in [5.41, 5.74) is 0.453. The summed E-state index contributed by atoms with van der Waals surface area (Å²) >= 11 is 0. The predicted molar refractivity (Wildman–Crippen MR) is 115 cm³/mol. The number of nitrogens with one attached hydrogen (secondary N) is 2. The molecule has 0 saturated carbocycles. The van der Waals surface area contributed by atoms with Gasteiger partial charge in [-0.05, 0) is 32.3 Å².